The number of allylic oxidation sites excluding steroid dienone is 1. The maximum absolute atomic E-state index is 2.61. The van der Waals surface area contributed by atoms with E-state index in [0.29, 0.717) is 5.92 Å². The molecule has 1 aliphatic heterocycles. The van der Waals surface area contributed by atoms with E-state index < -0.39 is 0 Å². The Hall–Kier alpha value is -5.34. The largest absolute Gasteiger partial charge is 0.331 e. The molecule has 1 heterocycles. The van der Waals surface area contributed by atoms with Crippen LogP contribution < -0.4 is 9.80 Å². The second kappa shape index (κ2) is 10.9. The second-order valence-electron chi connectivity index (χ2n) is 14.3. The van der Waals surface area contributed by atoms with Gasteiger partial charge in [0, 0.05) is 39.8 Å². The molecule has 9 rings (SSSR count). The van der Waals surface area contributed by atoms with Gasteiger partial charge < -0.3 is 9.80 Å². The molecule has 2 aliphatic carbocycles. The van der Waals surface area contributed by atoms with Gasteiger partial charge in [-0.1, -0.05) is 117 Å². The van der Waals surface area contributed by atoms with E-state index in [2.05, 4.69) is 188 Å². The molecule has 0 aromatic heterocycles. The molecule has 0 saturated heterocycles. The van der Waals surface area contributed by atoms with Crippen LogP contribution in [0.15, 0.2) is 158 Å². The van der Waals surface area contributed by atoms with E-state index in [1.807, 2.05) is 0 Å². The van der Waals surface area contributed by atoms with Gasteiger partial charge >= 0.3 is 0 Å². The third kappa shape index (κ3) is 4.32. The van der Waals surface area contributed by atoms with E-state index in [1.54, 1.807) is 0 Å². The van der Waals surface area contributed by atoms with E-state index in [-0.39, 0.29) is 11.0 Å². The van der Waals surface area contributed by atoms with Crippen LogP contribution in [0.2, 0.25) is 0 Å². The van der Waals surface area contributed by atoms with Crippen molar-refractivity contribution in [1.29, 1.82) is 0 Å². The minimum absolute atomic E-state index is 0.0643. The van der Waals surface area contributed by atoms with Crippen LogP contribution in [0.1, 0.15) is 56.2 Å². The van der Waals surface area contributed by atoms with Crippen molar-refractivity contribution in [1.82, 2.24) is 0 Å². The molecular formula is C46H40N2. The number of fused-ring (bicyclic) bond motifs is 6. The fourth-order valence-corrected chi connectivity index (χ4v) is 8.81. The standard InChI is InChI=1S/C46H40N2/c1-45(2)42-30-36(47(34-16-8-5-9-17-34)35-23-21-33(22-24-35)32-14-6-4-7-15-32)25-27-38(42)39-28-26-37(31-43(39)45)48-44-20-11-10-18-40(44)41-19-12-13-29-46(41,48)3/h4-11,13-18,20-31,41H,12,19H2,1-3H3/t41?,46-/m0/s1. The van der Waals surface area contributed by atoms with Gasteiger partial charge in [0.05, 0.1) is 5.54 Å². The zero-order valence-corrected chi connectivity index (χ0v) is 27.9. The summed E-state index contributed by atoms with van der Waals surface area (Å²) < 4.78 is 0. The Labute approximate surface area is 284 Å². The number of para-hydroxylation sites is 2. The summed E-state index contributed by atoms with van der Waals surface area (Å²) in [6.45, 7) is 7.22. The lowest BCUT2D eigenvalue weighted by Gasteiger charge is -2.41. The van der Waals surface area contributed by atoms with Gasteiger partial charge in [0.25, 0.3) is 0 Å². The first-order valence-corrected chi connectivity index (χ1v) is 17.3. The van der Waals surface area contributed by atoms with Crippen molar-refractivity contribution in [2.75, 3.05) is 9.80 Å². The molecule has 234 valence electrons. The summed E-state index contributed by atoms with van der Waals surface area (Å²) in [4.78, 5) is 5.00. The number of hydrogen-bond acceptors (Lipinski definition) is 2. The molecule has 0 spiro atoms. The molecular weight excluding hydrogens is 581 g/mol. The number of rotatable bonds is 5. The van der Waals surface area contributed by atoms with Crippen LogP contribution in [0, 0.1) is 0 Å². The lowest BCUT2D eigenvalue weighted by Crippen LogP contribution is -2.43. The van der Waals surface area contributed by atoms with Crippen LogP contribution in [0.5, 0.6) is 0 Å². The van der Waals surface area contributed by atoms with Gasteiger partial charge in [-0.25, -0.2) is 0 Å². The predicted molar refractivity (Wildman–Crippen MR) is 202 cm³/mol. The Kier molecular flexibility index (Phi) is 6.52. The molecule has 0 fully saturated rings. The molecule has 0 N–H and O–H groups in total. The van der Waals surface area contributed by atoms with Crippen LogP contribution in [0.3, 0.4) is 0 Å². The lowest BCUT2D eigenvalue weighted by atomic mass is 9.76. The Morgan fingerprint density at radius 3 is 1.96 bits per heavy atom. The highest BCUT2D eigenvalue weighted by Crippen LogP contribution is 2.57. The van der Waals surface area contributed by atoms with Gasteiger partial charge in [-0.15, -0.1) is 0 Å². The molecule has 6 aromatic rings. The molecule has 1 unspecified atom stereocenters. The summed E-state index contributed by atoms with van der Waals surface area (Å²) in [5.74, 6) is 0.505. The Morgan fingerprint density at radius 1 is 0.583 bits per heavy atom. The van der Waals surface area contributed by atoms with E-state index in [0.717, 1.165) is 17.8 Å². The monoisotopic (exact) mass is 620 g/mol. The Morgan fingerprint density at radius 2 is 1.19 bits per heavy atom. The summed E-state index contributed by atoms with van der Waals surface area (Å²) in [5, 5.41) is 0. The van der Waals surface area contributed by atoms with E-state index >= 15 is 0 Å². The van der Waals surface area contributed by atoms with Gasteiger partial charge in [-0.2, -0.15) is 0 Å². The molecule has 0 bridgehead atoms. The smallest absolute Gasteiger partial charge is 0.0674 e. The molecule has 2 nitrogen and oxygen atoms in total. The summed E-state index contributed by atoms with van der Waals surface area (Å²) in [6, 6.07) is 53.7. The second-order valence-corrected chi connectivity index (χ2v) is 14.3. The number of benzene rings is 6. The fourth-order valence-electron chi connectivity index (χ4n) is 8.81. The fraction of sp³-hybridized carbons (Fsp3) is 0.174. The molecule has 2 atom stereocenters. The normalized spacial score (nSPS) is 19.7. The van der Waals surface area contributed by atoms with Crippen LogP contribution >= 0.6 is 0 Å². The van der Waals surface area contributed by atoms with Crippen molar-refractivity contribution in [2.24, 2.45) is 0 Å². The summed E-state index contributed by atoms with van der Waals surface area (Å²) in [5.41, 5.74) is 15.3. The van der Waals surface area contributed by atoms with Gasteiger partial charge in [0.2, 0.25) is 0 Å². The molecule has 0 radical (unpaired) electrons. The number of hydrogen-bond donors (Lipinski definition) is 0. The highest BCUT2D eigenvalue weighted by atomic mass is 15.2. The lowest BCUT2D eigenvalue weighted by molar-refractivity contribution is 0.441. The van der Waals surface area contributed by atoms with Crippen LogP contribution in [0.25, 0.3) is 22.3 Å². The summed E-state index contributed by atoms with van der Waals surface area (Å²) in [6.07, 6.45) is 7.19. The zero-order chi connectivity index (χ0) is 32.5. The molecule has 48 heavy (non-hydrogen) atoms. The number of anilines is 5. The van der Waals surface area contributed by atoms with Crippen molar-refractivity contribution in [3.63, 3.8) is 0 Å². The highest BCUT2D eigenvalue weighted by Gasteiger charge is 2.48. The summed E-state index contributed by atoms with van der Waals surface area (Å²) >= 11 is 0. The first kappa shape index (κ1) is 28.8. The first-order valence-electron chi connectivity index (χ1n) is 17.3. The molecule has 0 saturated carbocycles. The third-order valence-corrected chi connectivity index (χ3v) is 11.2. The molecule has 3 aliphatic rings. The van der Waals surface area contributed by atoms with Crippen molar-refractivity contribution in [2.45, 2.75) is 50.5 Å². The predicted octanol–water partition coefficient (Wildman–Crippen LogP) is 12.5. The Balaban J connectivity index is 1.12. The van der Waals surface area contributed by atoms with Crippen molar-refractivity contribution in [3.05, 3.63) is 174 Å². The minimum atomic E-state index is -0.155. The third-order valence-electron chi connectivity index (χ3n) is 11.2. The van der Waals surface area contributed by atoms with Gasteiger partial charge in [-0.05, 0) is 113 Å². The van der Waals surface area contributed by atoms with Crippen molar-refractivity contribution >= 4 is 28.4 Å². The summed E-state index contributed by atoms with van der Waals surface area (Å²) in [7, 11) is 0. The topological polar surface area (TPSA) is 6.48 Å². The average molecular weight is 621 g/mol. The molecule has 0 amide bonds. The zero-order valence-electron chi connectivity index (χ0n) is 27.9. The minimum Gasteiger partial charge on any atom is -0.331 e. The van der Waals surface area contributed by atoms with E-state index in [1.165, 1.54) is 62.4 Å². The maximum Gasteiger partial charge on any atom is 0.0674 e. The van der Waals surface area contributed by atoms with Crippen LogP contribution in [-0.2, 0) is 5.41 Å². The van der Waals surface area contributed by atoms with Crippen LogP contribution in [0.4, 0.5) is 28.4 Å². The quantitative estimate of drug-likeness (QED) is 0.177. The number of nitrogens with zero attached hydrogens (tertiary/aromatic N) is 2. The SMILES string of the molecule is CC1(C)c2cc(N(c3ccccc3)c3ccc(-c4ccccc4)cc3)ccc2-c2ccc(N3c4ccccc4C4CCC=C[C@@]43C)cc21. The molecule has 2 heteroatoms. The van der Waals surface area contributed by atoms with Crippen molar-refractivity contribution < 1.29 is 0 Å². The van der Waals surface area contributed by atoms with Gasteiger partial charge in [0.15, 0.2) is 0 Å². The average Bonchev–Trinajstić information content (AvgIpc) is 3.53. The Bertz CT molecular complexity index is 2180. The van der Waals surface area contributed by atoms with Gasteiger partial charge in [-0.3, -0.25) is 0 Å². The van der Waals surface area contributed by atoms with E-state index in [9.17, 15) is 0 Å². The van der Waals surface area contributed by atoms with Crippen molar-refractivity contribution in [3.8, 4) is 22.3 Å². The highest BCUT2D eigenvalue weighted by molar-refractivity contribution is 5.88. The molecule has 6 aromatic carbocycles. The van der Waals surface area contributed by atoms with E-state index in [4.69, 9.17) is 0 Å². The first-order chi connectivity index (χ1) is 23.4. The van der Waals surface area contributed by atoms with Crippen LogP contribution in [-0.4, -0.2) is 5.54 Å². The maximum atomic E-state index is 2.61. The van der Waals surface area contributed by atoms with Gasteiger partial charge in [0.1, 0.15) is 0 Å².